The van der Waals surface area contributed by atoms with E-state index in [0.29, 0.717) is 18.1 Å². The van der Waals surface area contributed by atoms with Gasteiger partial charge in [-0.15, -0.1) is 0 Å². The van der Waals surface area contributed by atoms with E-state index in [0.717, 1.165) is 37.7 Å². The SMILES string of the molecule is NCCc1c(Cl)ncnc1N1CCOCC1. The summed E-state index contributed by atoms with van der Waals surface area (Å²) in [6.45, 7) is 3.67. The van der Waals surface area contributed by atoms with Crippen molar-refractivity contribution in [3.05, 3.63) is 17.0 Å². The summed E-state index contributed by atoms with van der Waals surface area (Å²) in [5, 5.41) is 0.502. The number of ether oxygens (including phenoxy) is 1. The van der Waals surface area contributed by atoms with E-state index in [9.17, 15) is 0 Å². The summed E-state index contributed by atoms with van der Waals surface area (Å²) in [5.41, 5.74) is 6.51. The van der Waals surface area contributed by atoms with Gasteiger partial charge in [0.25, 0.3) is 0 Å². The molecule has 1 aromatic rings. The van der Waals surface area contributed by atoms with E-state index in [2.05, 4.69) is 14.9 Å². The maximum Gasteiger partial charge on any atom is 0.137 e. The zero-order valence-electron chi connectivity index (χ0n) is 9.03. The second-order valence-electron chi connectivity index (χ2n) is 3.60. The molecule has 1 aromatic heterocycles. The molecule has 0 saturated carbocycles. The fourth-order valence-electron chi connectivity index (χ4n) is 1.79. The van der Waals surface area contributed by atoms with Gasteiger partial charge in [-0.1, -0.05) is 11.6 Å². The maximum atomic E-state index is 6.06. The summed E-state index contributed by atoms with van der Waals surface area (Å²) in [7, 11) is 0. The first-order valence-electron chi connectivity index (χ1n) is 5.35. The van der Waals surface area contributed by atoms with Crippen LogP contribution in [0.3, 0.4) is 0 Å². The smallest absolute Gasteiger partial charge is 0.137 e. The molecule has 0 bridgehead atoms. The van der Waals surface area contributed by atoms with Gasteiger partial charge in [0.15, 0.2) is 0 Å². The lowest BCUT2D eigenvalue weighted by Crippen LogP contribution is -2.37. The molecular weight excluding hydrogens is 228 g/mol. The number of nitrogens with zero attached hydrogens (tertiary/aromatic N) is 3. The van der Waals surface area contributed by atoms with Crippen LogP contribution in [0, 0.1) is 0 Å². The fraction of sp³-hybridized carbons (Fsp3) is 0.600. The molecule has 0 spiro atoms. The van der Waals surface area contributed by atoms with E-state index in [1.165, 1.54) is 6.33 Å². The van der Waals surface area contributed by atoms with Crippen LogP contribution >= 0.6 is 11.6 Å². The van der Waals surface area contributed by atoms with Crippen LogP contribution in [-0.4, -0.2) is 42.8 Å². The Hall–Kier alpha value is -0.910. The van der Waals surface area contributed by atoms with Gasteiger partial charge in [-0.05, 0) is 13.0 Å². The predicted molar refractivity (Wildman–Crippen MR) is 62.8 cm³/mol. The molecule has 1 saturated heterocycles. The average molecular weight is 243 g/mol. The second-order valence-corrected chi connectivity index (χ2v) is 3.96. The lowest BCUT2D eigenvalue weighted by atomic mass is 10.2. The van der Waals surface area contributed by atoms with E-state index in [4.69, 9.17) is 22.1 Å². The number of nitrogens with two attached hydrogens (primary N) is 1. The van der Waals surface area contributed by atoms with Crippen molar-refractivity contribution in [1.29, 1.82) is 0 Å². The molecule has 2 heterocycles. The zero-order chi connectivity index (χ0) is 11.4. The standard InChI is InChI=1S/C10H15ClN4O/c11-9-8(1-2-12)10(14-7-13-9)15-3-5-16-6-4-15/h7H,1-6,12H2. The van der Waals surface area contributed by atoms with Gasteiger partial charge in [-0.25, -0.2) is 9.97 Å². The summed E-state index contributed by atoms with van der Waals surface area (Å²) >= 11 is 6.06. The third-order valence-corrected chi connectivity index (χ3v) is 2.90. The molecule has 0 atom stereocenters. The van der Waals surface area contributed by atoms with Gasteiger partial charge in [0, 0.05) is 18.7 Å². The topological polar surface area (TPSA) is 64.3 Å². The molecule has 88 valence electrons. The number of hydrogen-bond donors (Lipinski definition) is 1. The number of rotatable bonds is 3. The molecule has 2 N–H and O–H groups in total. The largest absolute Gasteiger partial charge is 0.378 e. The normalized spacial score (nSPS) is 16.5. The van der Waals surface area contributed by atoms with Crippen molar-refractivity contribution in [3.63, 3.8) is 0 Å². The Bertz CT molecular complexity index is 355. The van der Waals surface area contributed by atoms with Gasteiger partial charge in [-0.3, -0.25) is 0 Å². The number of aromatic nitrogens is 2. The third-order valence-electron chi connectivity index (χ3n) is 2.57. The molecule has 1 aliphatic heterocycles. The summed E-state index contributed by atoms with van der Waals surface area (Å²) in [4.78, 5) is 10.5. The molecule has 1 fully saturated rings. The van der Waals surface area contributed by atoms with Crippen molar-refractivity contribution < 1.29 is 4.74 Å². The molecule has 0 aliphatic carbocycles. The molecule has 5 nitrogen and oxygen atoms in total. The van der Waals surface area contributed by atoms with Crippen LogP contribution in [0.1, 0.15) is 5.56 Å². The fourth-order valence-corrected chi connectivity index (χ4v) is 2.01. The lowest BCUT2D eigenvalue weighted by molar-refractivity contribution is 0.122. The maximum absolute atomic E-state index is 6.06. The van der Waals surface area contributed by atoms with Gasteiger partial charge in [0.05, 0.1) is 13.2 Å². The highest BCUT2D eigenvalue weighted by molar-refractivity contribution is 6.30. The predicted octanol–water partition coefficient (Wildman–Crippen LogP) is 0.468. The highest BCUT2D eigenvalue weighted by Crippen LogP contribution is 2.24. The monoisotopic (exact) mass is 242 g/mol. The Morgan fingerprint density at radius 3 is 2.81 bits per heavy atom. The van der Waals surface area contributed by atoms with Crippen molar-refractivity contribution in [1.82, 2.24) is 9.97 Å². The molecule has 16 heavy (non-hydrogen) atoms. The van der Waals surface area contributed by atoms with Crippen molar-refractivity contribution in [3.8, 4) is 0 Å². The van der Waals surface area contributed by atoms with Crippen LogP contribution in [0.15, 0.2) is 6.33 Å². The van der Waals surface area contributed by atoms with Gasteiger partial charge in [0.2, 0.25) is 0 Å². The highest BCUT2D eigenvalue weighted by Gasteiger charge is 2.18. The van der Waals surface area contributed by atoms with Crippen molar-refractivity contribution >= 4 is 17.4 Å². The molecule has 1 aliphatic rings. The summed E-state index contributed by atoms with van der Waals surface area (Å²) < 4.78 is 5.31. The van der Waals surface area contributed by atoms with Crippen LogP contribution in [0.5, 0.6) is 0 Å². The van der Waals surface area contributed by atoms with E-state index >= 15 is 0 Å². The van der Waals surface area contributed by atoms with Crippen molar-refractivity contribution in [2.45, 2.75) is 6.42 Å². The number of morpholine rings is 1. The Morgan fingerprint density at radius 2 is 2.12 bits per heavy atom. The zero-order valence-corrected chi connectivity index (χ0v) is 9.78. The summed E-state index contributed by atoms with van der Waals surface area (Å²) in [6, 6.07) is 0. The average Bonchev–Trinajstić information content (AvgIpc) is 2.33. The lowest BCUT2D eigenvalue weighted by Gasteiger charge is -2.29. The molecule has 0 amide bonds. The van der Waals surface area contributed by atoms with E-state index in [-0.39, 0.29) is 0 Å². The Morgan fingerprint density at radius 1 is 1.38 bits per heavy atom. The Kier molecular flexibility index (Phi) is 3.93. The van der Waals surface area contributed by atoms with Crippen LogP contribution in [0.4, 0.5) is 5.82 Å². The number of hydrogen-bond acceptors (Lipinski definition) is 5. The molecule has 0 aromatic carbocycles. The highest BCUT2D eigenvalue weighted by atomic mass is 35.5. The molecular formula is C10H15ClN4O. The molecule has 0 radical (unpaired) electrons. The molecule has 0 unspecified atom stereocenters. The first-order chi connectivity index (χ1) is 7.83. The quantitative estimate of drug-likeness (QED) is 0.781. The minimum absolute atomic E-state index is 0.502. The Labute approximate surface area is 99.6 Å². The van der Waals surface area contributed by atoms with Crippen LogP contribution in [-0.2, 0) is 11.2 Å². The van der Waals surface area contributed by atoms with Gasteiger partial charge < -0.3 is 15.4 Å². The first-order valence-corrected chi connectivity index (χ1v) is 5.73. The minimum Gasteiger partial charge on any atom is -0.378 e. The molecule has 2 rings (SSSR count). The molecule has 6 heteroatoms. The van der Waals surface area contributed by atoms with Crippen LogP contribution in [0.25, 0.3) is 0 Å². The summed E-state index contributed by atoms with van der Waals surface area (Å²) in [6.07, 6.45) is 2.19. The van der Waals surface area contributed by atoms with E-state index in [1.807, 2.05) is 0 Å². The number of anilines is 1. The van der Waals surface area contributed by atoms with E-state index in [1.54, 1.807) is 0 Å². The third kappa shape index (κ3) is 2.42. The number of halogens is 1. The van der Waals surface area contributed by atoms with Crippen LogP contribution < -0.4 is 10.6 Å². The van der Waals surface area contributed by atoms with E-state index < -0.39 is 0 Å². The first kappa shape index (κ1) is 11.6. The van der Waals surface area contributed by atoms with Crippen LogP contribution in [0.2, 0.25) is 5.15 Å². The second kappa shape index (κ2) is 5.43. The van der Waals surface area contributed by atoms with Crippen molar-refractivity contribution in [2.75, 3.05) is 37.7 Å². The van der Waals surface area contributed by atoms with Gasteiger partial charge >= 0.3 is 0 Å². The van der Waals surface area contributed by atoms with Gasteiger partial charge in [0.1, 0.15) is 17.3 Å². The minimum atomic E-state index is 0.502. The Balaban J connectivity index is 2.27. The van der Waals surface area contributed by atoms with Gasteiger partial charge in [-0.2, -0.15) is 0 Å². The van der Waals surface area contributed by atoms with Crippen molar-refractivity contribution in [2.24, 2.45) is 5.73 Å². The summed E-state index contributed by atoms with van der Waals surface area (Å²) in [5.74, 6) is 0.897.